The number of rotatable bonds is 7. The minimum absolute atomic E-state index is 0.396. The van der Waals surface area contributed by atoms with Crippen LogP contribution in [-0.2, 0) is 13.2 Å². The number of aromatic nitrogens is 3. The number of ether oxygens (including phenoxy) is 2. The zero-order valence-corrected chi connectivity index (χ0v) is 18.8. The average molecular weight is 486 g/mol. The average Bonchev–Trinajstić information content (AvgIpc) is 3.18. The summed E-state index contributed by atoms with van der Waals surface area (Å²) >= 11 is 3.59. The van der Waals surface area contributed by atoms with Gasteiger partial charge in [-0.05, 0) is 45.3 Å². The number of halogens is 1. The molecule has 158 valence electrons. The van der Waals surface area contributed by atoms with Crippen LogP contribution in [0.4, 0.5) is 0 Å². The Morgan fingerprint density at radius 2 is 1.28 bits per heavy atom. The summed E-state index contributed by atoms with van der Waals surface area (Å²) in [7, 11) is 0. The maximum Gasteiger partial charge on any atom is 0.242 e. The summed E-state index contributed by atoms with van der Waals surface area (Å²) < 4.78 is 14.8. The number of nitrogens with zero attached hydrogens (tertiary/aromatic N) is 3. The monoisotopic (exact) mass is 485 g/mol. The van der Waals surface area contributed by atoms with Crippen molar-refractivity contribution in [3.63, 3.8) is 0 Å². The smallest absolute Gasteiger partial charge is 0.242 e. The second-order valence-electron chi connectivity index (χ2n) is 7.23. The van der Waals surface area contributed by atoms with Crippen molar-refractivity contribution in [3.05, 3.63) is 113 Å². The van der Waals surface area contributed by atoms with Gasteiger partial charge < -0.3 is 9.47 Å². The molecule has 3 aromatic carbocycles. The van der Waals surface area contributed by atoms with E-state index in [0.29, 0.717) is 29.7 Å². The third-order valence-electron chi connectivity index (χ3n) is 5.02. The Labute approximate surface area is 194 Å². The highest BCUT2D eigenvalue weighted by atomic mass is 79.9. The first-order valence-electron chi connectivity index (χ1n) is 10.3. The molecule has 5 aromatic rings. The Bertz CT molecular complexity index is 1340. The molecular formula is C26H20BrN3O2. The van der Waals surface area contributed by atoms with Crippen molar-refractivity contribution in [2.75, 3.05) is 0 Å². The van der Waals surface area contributed by atoms with Crippen molar-refractivity contribution >= 4 is 27.0 Å². The quantitative estimate of drug-likeness (QED) is 0.269. The lowest BCUT2D eigenvalue weighted by Crippen LogP contribution is -2.06. The molecule has 0 aliphatic rings. The number of para-hydroxylation sites is 2. The molecule has 0 bridgehead atoms. The van der Waals surface area contributed by atoms with Crippen LogP contribution in [0.2, 0.25) is 0 Å². The summed E-state index contributed by atoms with van der Waals surface area (Å²) in [4.78, 5) is 9.31. The molecule has 0 unspecified atom stereocenters. The fourth-order valence-electron chi connectivity index (χ4n) is 3.46. The molecular weight excluding hydrogens is 466 g/mol. The molecule has 0 radical (unpaired) electrons. The van der Waals surface area contributed by atoms with Gasteiger partial charge in [-0.15, -0.1) is 0 Å². The molecule has 0 saturated carbocycles. The van der Waals surface area contributed by atoms with Gasteiger partial charge in [0.25, 0.3) is 0 Å². The Kier molecular flexibility index (Phi) is 5.85. The van der Waals surface area contributed by atoms with Gasteiger partial charge in [-0.1, -0.05) is 72.8 Å². The Morgan fingerprint density at radius 3 is 2.00 bits per heavy atom. The maximum atomic E-state index is 6.18. The Balaban J connectivity index is 1.50. The molecule has 0 spiro atoms. The molecule has 5 rings (SSSR count). The van der Waals surface area contributed by atoms with Crippen LogP contribution in [0.5, 0.6) is 11.8 Å². The predicted molar refractivity (Wildman–Crippen MR) is 128 cm³/mol. The van der Waals surface area contributed by atoms with Crippen molar-refractivity contribution in [1.29, 1.82) is 0 Å². The van der Waals surface area contributed by atoms with E-state index in [2.05, 4.69) is 20.9 Å². The molecule has 0 fully saturated rings. The van der Waals surface area contributed by atoms with E-state index < -0.39 is 0 Å². The lowest BCUT2D eigenvalue weighted by atomic mass is 10.2. The largest absolute Gasteiger partial charge is 0.473 e. The molecule has 0 N–H and O–H groups in total. The van der Waals surface area contributed by atoms with E-state index in [-0.39, 0.29) is 0 Å². The minimum Gasteiger partial charge on any atom is -0.473 e. The molecule has 2 aromatic heterocycles. The first kappa shape index (κ1) is 20.3. The summed E-state index contributed by atoms with van der Waals surface area (Å²) in [6.07, 6.45) is 0. The highest BCUT2D eigenvalue weighted by Crippen LogP contribution is 2.32. The topological polar surface area (TPSA) is 49.2 Å². The van der Waals surface area contributed by atoms with Gasteiger partial charge >= 0.3 is 0 Å². The highest BCUT2D eigenvalue weighted by molar-refractivity contribution is 9.10. The van der Waals surface area contributed by atoms with Gasteiger partial charge in [0.15, 0.2) is 4.73 Å². The van der Waals surface area contributed by atoms with Crippen LogP contribution < -0.4 is 9.47 Å². The summed E-state index contributed by atoms with van der Waals surface area (Å²) in [5, 5.41) is 0. The number of fused-ring (bicyclic) bond motifs is 1. The third-order valence-corrected chi connectivity index (χ3v) is 5.56. The summed E-state index contributed by atoms with van der Waals surface area (Å²) in [6.45, 7) is 0.830. The second kappa shape index (κ2) is 9.24. The molecule has 0 saturated heterocycles. The van der Waals surface area contributed by atoms with Crippen molar-refractivity contribution in [2.45, 2.75) is 13.2 Å². The minimum atomic E-state index is 0.396. The maximum absolute atomic E-state index is 6.18. The van der Waals surface area contributed by atoms with Crippen LogP contribution in [-0.4, -0.2) is 14.5 Å². The molecule has 5 nitrogen and oxygen atoms in total. The van der Waals surface area contributed by atoms with Crippen LogP contribution in [0, 0.1) is 0 Å². The van der Waals surface area contributed by atoms with Crippen LogP contribution in [0.1, 0.15) is 11.1 Å². The van der Waals surface area contributed by atoms with E-state index in [1.165, 1.54) is 0 Å². The lowest BCUT2D eigenvalue weighted by Gasteiger charge is -2.15. The first-order chi connectivity index (χ1) is 15.8. The van der Waals surface area contributed by atoms with E-state index in [1.807, 2.05) is 102 Å². The molecule has 2 heterocycles. The van der Waals surface area contributed by atoms with Crippen LogP contribution in [0.15, 0.2) is 102 Å². The van der Waals surface area contributed by atoms with Crippen LogP contribution in [0.25, 0.3) is 16.7 Å². The molecule has 32 heavy (non-hydrogen) atoms. The fourth-order valence-corrected chi connectivity index (χ4v) is 4.03. The van der Waals surface area contributed by atoms with Gasteiger partial charge in [0.2, 0.25) is 11.8 Å². The van der Waals surface area contributed by atoms with Gasteiger partial charge in [0.1, 0.15) is 18.9 Å². The van der Waals surface area contributed by atoms with Gasteiger partial charge in [-0.25, -0.2) is 4.98 Å². The number of imidazole rings is 1. The van der Waals surface area contributed by atoms with E-state index in [1.54, 1.807) is 0 Å². The highest BCUT2D eigenvalue weighted by Gasteiger charge is 2.17. The van der Waals surface area contributed by atoms with Gasteiger partial charge in [-0.2, -0.15) is 4.98 Å². The summed E-state index contributed by atoms with van der Waals surface area (Å²) in [5.74, 6) is 0.976. The van der Waals surface area contributed by atoms with E-state index >= 15 is 0 Å². The van der Waals surface area contributed by atoms with E-state index in [0.717, 1.165) is 27.8 Å². The summed E-state index contributed by atoms with van der Waals surface area (Å²) in [6, 6.07) is 31.8. The Hall–Kier alpha value is -3.64. The van der Waals surface area contributed by atoms with Gasteiger partial charge in [0.05, 0.1) is 11.0 Å². The van der Waals surface area contributed by atoms with Crippen LogP contribution in [0.3, 0.4) is 0 Å². The Morgan fingerprint density at radius 1 is 0.656 bits per heavy atom. The summed E-state index contributed by atoms with van der Waals surface area (Å²) in [5.41, 5.74) is 4.77. The van der Waals surface area contributed by atoms with Gasteiger partial charge in [-0.3, -0.25) is 4.57 Å². The zero-order chi connectivity index (χ0) is 21.8. The molecule has 0 aliphatic heterocycles. The molecule has 0 atom stereocenters. The fraction of sp³-hybridized carbons (Fsp3) is 0.0769. The van der Waals surface area contributed by atoms with E-state index in [4.69, 9.17) is 14.5 Å². The molecule has 0 amide bonds. The number of hydrogen-bond donors (Lipinski definition) is 0. The van der Waals surface area contributed by atoms with Gasteiger partial charge in [0, 0.05) is 6.07 Å². The standard InChI is InChI=1S/C26H20BrN3O2/c27-26-28-21-13-7-8-14-22(21)30(26)23-15-16-24(31-17-19-9-3-1-4-10-19)29-25(23)32-18-20-11-5-2-6-12-20/h1-16H,17-18H2. The van der Waals surface area contributed by atoms with Crippen molar-refractivity contribution in [3.8, 4) is 17.4 Å². The van der Waals surface area contributed by atoms with Crippen molar-refractivity contribution in [2.24, 2.45) is 0 Å². The zero-order valence-electron chi connectivity index (χ0n) is 17.2. The molecule has 6 heteroatoms. The number of hydrogen-bond acceptors (Lipinski definition) is 4. The van der Waals surface area contributed by atoms with Crippen molar-refractivity contribution < 1.29 is 9.47 Å². The number of benzene rings is 3. The predicted octanol–water partition coefficient (Wildman–Crippen LogP) is 6.34. The van der Waals surface area contributed by atoms with E-state index in [9.17, 15) is 0 Å². The second-order valence-corrected chi connectivity index (χ2v) is 7.94. The third kappa shape index (κ3) is 4.36. The van der Waals surface area contributed by atoms with Crippen LogP contribution >= 0.6 is 15.9 Å². The number of pyridine rings is 1. The SMILES string of the molecule is Brc1nc2ccccc2n1-c1ccc(OCc2ccccc2)nc1OCc1ccccc1. The lowest BCUT2D eigenvalue weighted by molar-refractivity contribution is 0.267. The normalized spacial score (nSPS) is 10.9. The first-order valence-corrected chi connectivity index (χ1v) is 11.0. The molecule has 0 aliphatic carbocycles. The van der Waals surface area contributed by atoms with Crippen molar-refractivity contribution in [1.82, 2.24) is 14.5 Å².